The van der Waals surface area contributed by atoms with E-state index in [2.05, 4.69) is 11.1 Å². The summed E-state index contributed by atoms with van der Waals surface area (Å²) in [5.74, 6) is -2.86. The number of pyridine rings is 1. The summed E-state index contributed by atoms with van der Waals surface area (Å²) >= 11 is 0. The molecule has 1 atom stereocenters. The minimum Gasteiger partial charge on any atom is -0.466 e. The van der Waals surface area contributed by atoms with Crippen LogP contribution in [0.25, 0.3) is 0 Å². The smallest absolute Gasteiger partial charge is 0.355 e. The Morgan fingerprint density at radius 1 is 1.03 bits per heavy atom. The van der Waals surface area contributed by atoms with E-state index in [1.54, 1.807) is 30.3 Å². The molecule has 3 aromatic rings. The second-order valence-corrected chi connectivity index (χ2v) is 8.02. The molecule has 1 aliphatic heterocycles. The molecule has 12 nitrogen and oxygen atoms in total. The number of hydrogen-bond donors (Lipinski definition) is 1. The van der Waals surface area contributed by atoms with Gasteiger partial charge in [-0.15, -0.1) is 0 Å². The van der Waals surface area contributed by atoms with Crippen LogP contribution >= 0.6 is 0 Å². The maximum absolute atomic E-state index is 13.1. The van der Waals surface area contributed by atoms with Gasteiger partial charge in [-0.25, -0.2) is 14.6 Å². The van der Waals surface area contributed by atoms with Gasteiger partial charge >= 0.3 is 17.6 Å². The van der Waals surface area contributed by atoms with E-state index in [4.69, 9.17) is 19.9 Å². The van der Waals surface area contributed by atoms with E-state index >= 15 is 0 Å². The van der Waals surface area contributed by atoms with Crippen LogP contribution in [0.4, 0.5) is 11.4 Å². The van der Waals surface area contributed by atoms with E-state index in [-0.39, 0.29) is 45.7 Å². The highest BCUT2D eigenvalue weighted by molar-refractivity contribution is 6.06. The number of rotatable bonds is 7. The zero-order valence-electron chi connectivity index (χ0n) is 20.7. The van der Waals surface area contributed by atoms with Gasteiger partial charge in [0.2, 0.25) is 0 Å². The third kappa shape index (κ3) is 4.96. The highest BCUT2D eigenvalue weighted by atomic mass is 16.6. The molecule has 1 unspecified atom stereocenters. The van der Waals surface area contributed by atoms with Crippen molar-refractivity contribution in [3.8, 4) is 17.7 Å². The first-order valence-electron chi connectivity index (χ1n) is 11.3. The highest BCUT2D eigenvalue weighted by Crippen LogP contribution is 2.43. The van der Waals surface area contributed by atoms with Gasteiger partial charge in [0.25, 0.3) is 5.88 Å². The van der Waals surface area contributed by atoms with Crippen LogP contribution in [0.3, 0.4) is 0 Å². The summed E-state index contributed by atoms with van der Waals surface area (Å²) in [6, 6.07) is 19.3. The van der Waals surface area contributed by atoms with Gasteiger partial charge in [-0.1, -0.05) is 30.3 Å². The maximum atomic E-state index is 13.1. The van der Waals surface area contributed by atoms with Gasteiger partial charge < -0.3 is 19.9 Å². The third-order valence-corrected chi connectivity index (χ3v) is 5.87. The van der Waals surface area contributed by atoms with E-state index in [1.807, 2.05) is 0 Å². The van der Waals surface area contributed by atoms with Crippen LogP contribution in [0.5, 0.6) is 11.6 Å². The molecule has 2 aromatic carbocycles. The van der Waals surface area contributed by atoms with Gasteiger partial charge in [0.05, 0.1) is 42.3 Å². The number of esters is 2. The fraction of sp³-hybridized carbons (Fsp3) is 0.111. The molecule has 0 saturated carbocycles. The molecule has 0 radical (unpaired) electrons. The zero-order chi connectivity index (χ0) is 28.1. The van der Waals surface area contributed by atoms with E-state index in [0.717, 1.165) is 14.2 Å². The van der Waals surface area contributed by atoms with Gasteiger partial charge in [0, 0.05) is 18.0 Å². The Balaban J connectivity index is 1.86. The van der Waals surface area contributed by atoms with Crippen LogP contribution in [-0.4, -0.2) is 36.1 Å². The summed E-state index contributed by atoms with van der Waals surface area (Å²) in [6.07, 6.45) is 1.35. The summed E-state index contributed by atoms with van der Waals surface area (Å²) in [5, 5.41) is 21.4. The lowest BCUT2D eigenvalue weighted by atomic mass is 9.81. The first kappa shape index (κ1) is 26.4. The maximum Gasteiger partial charge on any atom is 0.355 e. The van der Waals surface area contributed by atoms with Crippen LogP contribution in [0.15, 0.2) is 95.6 Å². The molecule has 12 heteroatoms. The first-order chi connectivity index (χ1) is 18.8. The van der Waals surface area contributed by atoms with Crippen molar-refractivity contribution < 1.29 is 28.7 Å². The summed E-state index contributed by atoms with van der Waals surface area (Å²) in [5.41, 5.74) is 6.60. The molecule has 39 heavy (non-hydrogen) atoms. The molecule has 0 aliphatic carbocycles. The molecule has 0 amide bonds. The average molecular weight is 527 g/mol. The van der Waals surface area contributed by atoms with Gasteiger partial charge in [0.1, 0.15) is 17.3 Å². The fourth-order valence-electron chi connectivity index (χ4n) is 4.16. The SMILES string of the molecule is COC(=O)C1=C(C(=O)OC)N(c2ccc(Oc3ncccc3[N+](=O)[O-])cc2)C(N)=C(C#N)C1c1ccccc1. The van der Waals surface area contributed by atoms with Crippen molar-refractivity contribution in [1.82, 2.24) is 4.98 Å². The quantitative estimate of drug-likeness (QED) is 0.270. The molecule has 1 aliphatic rings. The van der Waals surface area contributed by atoms with Crippen LogP contribution < -0.4 is 15.4 Å². The van der Waals surface area contributed by atoms with Crippen molar-refractivity contribution in [3.05, 3.63) is 111 Å². The zero-order valence-corrected chi connectivity index (χ0v) is 20.7. The van der Waals surface area contributed by atoms with Crippen molar-refractivity contribution in [3.63, 3.8) is 0 Å². The number of aromatic nitrogens is 1. The second kappa shape index (κ2) is 11.1. The summed E-state index contributed by atoms with van der Waals surface area (Å²) in [6.45, 7) is 0. The number of carbonyl (C=O) groups is 2. The van der Waals surface area contributed by atoms with Crippen molar-refractivity contribution >= 4 is 23.3 Å². The molecule has 2 heterocycles. The van der Waals surface area contributed by atoms with Crippen LogP contribution in [-0.2, 0) is 19.1 Å². The van der Waals surface area contributed by atoms with Crippen LogP contribution in [0.2, 0.25) is 0 Å². The number of ether oxygens (including phenoxy) is 3. The standard InChI is InChI=1S/C27H21N5O7/c1-37-26(33)22-21(16-7-4-3-5-8-16)19(15-28)24(29)31(23(22)27(34)38-2)17-10-12-18(13-11-17)39-25-20(32(35)36)9-6-14-30-25/h3-14,21H,29H2,1-2H3. The minimum absolute atomic E-state index is 0.0127. The molecule has 4 rings (SSSR count). The van der Waals surface area contributed by atoms with Gasteiger partial charge in [0.15, 0.2) is 0 Å². The van der Waals surface area contributed by atoms with Crippen molar-refractivity contribution in [1.29, 1.82) is 5.26 Å². The number of allylic oxidation sites excluding steroid dienone is 1. The van der Waals surface area contributed by atoms with Gasteiger partial charge in [-0.3, -0.25) is 15.0 Å². The number of nitriles is 1. The number of anilines is 1. The van der Waals surface area contributed by atoms with Gasteiger partial charge in [-0.05, 0) is 35.9 Å². The van der Waals surface area contributed by atoms with Crippen molar-refractivity contribution in [2.24, 2.45) is 5.73 Å². The topological polar surface area (TPSA) is 171 Å². The van der Waals surface area contributed by atoms with Crippen LogP contribution in [0.1, 0.15) is 11.5 Å². The van der Waals surface area contributed by atoms with Crippen molar-refractivity contribution in [2.75, 3.05) is 19.1 Å². The Morgan fingerprint density at radius 3 is 2.28 bits per heavy atom. The van der Waals surface area contributed by atoms with E-state index in [1.165, 1.54) is 47.5 Å². The number of hydrogen-bond acceptors (Lipinski definition) is 11. The second-order valence-electron chi connectivity index (χ2n) is 8.02. The average Bonchev–Trinajstić information content (AvgIpc) is 2.96. The number of nitrogens with zero attached hydrogens (tertiary/aromatic N) is 4. The van der Waals surface area contributed by atoms with Crippen LogP contribution in [0, 0.1) is 21.4 Å². The lowest BCUT2D eigenvalue weighted by Gasteiger charge is -2.35. The number of methoxy groups -OCH3 is 2. The highest BCUT2D eigenvalue weighted by Gasteiger charge is 2.43. The van der Waals surface area contributed by atoms with E-state index in [0.29, 0.717) is 5.56 Å². The van der Waals surface area contributed by atoms with E-state index in [9.17, 15) is 25.0 Å². The summed E-state index contributed by atoms with van der Waals surface area (Å²) in [7, 11) is 2.31. The first-order valence-corrected chi connectivity index (χ1v) is 11.3. The van der Waals surface area contributed by atoms with Gasteiger partial charge in [-0.2, -0.15) is 5.26 Å². The van der Waals surface area contributed by atoms with Crippen molar-refractivity contribution in [2.45, 2.75) is 5.92 Å². The molecule has 1 aromatic heterocycles. The number of benzene rings is 2. The summed E-state index contributed by atoms with van der Waals surface area (Å²) < 4.78 is 15.6. The predicted molar refractivity (Wildman–Crippen MR) is 137 cm³/mol. The molecule has 0 fully saturated rings. The molecule has 0 saturated heterocycles. The predicted octanol–water partition coefficient (Wildman–Crippen LogP) is 3.68. The largest absolute Gasteiger partial charge is 0.466 e. The Bertz CT molecular complexity index is 1540. The third-order valence-electron chi connectivity index (χ3n) is 5.87. The monoisotopic (exact) mass is 527 g/mol. The molecule has 196 valence electrons. The van der Waals surface area contributed by atoms with E-state index < -0.39 is 22.8 Å². The Morgan fingerprint density at radius 2 is 1.69 bits per heavy atom. The number of nitro groups is 1. The normalized spacial score (nSPS) is 14.9. The lowest BCUT2D eigenvalue weighted by molar-refractivity contribution is -0.386. The Labute approximate surface area is 222 Å². The molecular formula is C27H21N5O7. The number of nitrogens with two attached hydrogens (primary N) is 1. The molecular weight excluding hydrogens is 506 g/mol. The minimum atomic E-state index is -0.999. The molecule has 0 spiro atoms. The Hall–Kier alpha value is -5.70. The lowest BCUT2D eigenvalue weighted by Crippen LogP contribution is -2.40. The fourth-order valence-corrected chi connectivity index (χ4v) is 4.16. The summed E-state index contributed by atoms with van der Waals surface area (Å²) in [4.78, 5) is 42.0. The molecule has 2 N–H and O–H groups in total. The Kier molecular flexibility index (Phi) is 7.53. The number of carbonyl (C=O) groups excluding carboxylic acids is 2. The molecule has 0 bridgehead atoms.